The topological polar surface area (TPSA) is 152 Å². The quantitative estimate of drug-likeness (QED) is 0.204. The van der Waals surface area contributed by atoms with E-state index < -0.39 is 23.7 Å². The van der Waals surface area contributed by atoms with Crippen LogP contribution in [-0.4, -0.2) is 58.4 Å². The molecule has 0 saturated heterocycles. The van der Waals surface area contributed by atoms with Crippen molar-refractivity contribution >= 4 is 11.9 Å². The standard InChI is InChI=1S/C30H29FN8O3/c1-2-7-22-16-27(30(42)33-21(15-28(40)41)14-20-8-3-6-11-25(20)31)36-39(22)18-19-12-13-26(32-17-19)23-9-4-5-10-24(23)29-34-37-38-35-29/h3-6,8-13,16-17,21H,2,7,14-15,18H2,1H3,(H,33,42)(H,40,41)(H,34,35,37,38)/t21-/m1/s1. The van der Waals surface area contributed by atoms with E-state index in [1.807, 2.05) is 43.3 Å². The lowest BCUT2D eigenvalue weighted by Crippen LogP contribution is -2.38. The van der Waals surface area contributed by atoms with Gasteiger partial charge in [-0.25, -0.2) is 9.49 Å². The van der Waals surface area contributed by atoms with Gasteiger partial charge in [0.1, 0.15) is 11.5 Å². The van der Waals surface area contributed by atoms with Gasteiger partial charge in [0.05, 0.1) is 18.7 Å². The second kappa shape index (κ2) is 12.9. The van der Waals surface area contributed by atoms with E-state index >= 15 is 0 Å². The molecule has 0 aliphatic rings. The third-order valence-electron chi connectivity index (χ3n) is 6.74. The van der Waals surface area contributed by atoms with Crippen molar-refractivity contribution < 1.29 is 19.1 Å². The SMILES string of the molecule is CCCc1cc(C(=O)N[C@@H](CC(=O)O)Cc2ccccc2F)nn1Cc1ccc(-c2ccccc2-c2nnn[nH]2)nc1. The van der Waals surface area contributed by atoms with Gasteiger partial charge in [0.2, 0.25) is 0 Å². The van der Waals surface area contributed by atoms with Gasteiger partial charge in [0.25, 0.3) is 5.91 Å². The average Bonchev–Trinajstić information content (AvgIpc) is 3.66. The molecule has 0 fully saturated rings. The lowest BCUT2D eigenvalue weighted by molar-refractivity contribution is -0.137. The lowest BCUT2D eigenvalue weighted by atomic mass is 10.0. The van der Waals surface area contributed by atoms with Gasteiger partial charge in [0, 0.05) is 29.1 Å². The van der Waals surface area contributed by atoms with Gasteiger partial charge in [-0.15, -0.1) is 5.10 Å². The van der Waals surface area contributed by atoms with Crippen molar-refractivity contribution in [2.24, 2.45) is 0 Å². The summed E-state index contributed by atoms with van der Waals surface area (Å²) in [5.74, 6) is -1.51. The molecule has 42 heavy (non-hydrogen) atoms. The molecule has 3 aromatic heterocycles. The van der Waals surface area contributed by atoms with Crippen LogP contribution in [0.1, 0.15) is 47.1 Å². The van der Waals surface area contributed by atoms with E-state index in [0.29, 0.717) is 24.4 Å². The number of pyridine rings is 1. The van der Waals surface area contributed by atoms with Gasteiger partial charge in [-0.05, 0) is 52.6 Å². The van der Waals surface area contributed by atoms with Crippen LogP contribution < -0.4 is 5.32 Å². The first-order chi connectivity index (χ1) is 20.4. The molecule has 0 radical (unpaired) electrons. The van der Waals surface area contributed by atoms with Crippen LogP contribution in [0.3, 0.4) is 0 Å². The van der Waals surface area contributed by atoms with Crippen LogP contribution in [0.4, 0.5) is 4.39 Å². The first-order valence-electron chi connectivity index (χ1n) is 13.5. The van der Waals surface area contributed by atoms with Crippen molar-refractivity contribution in [1.29, 1.82) is 0 Å². The molecule has 1 amide bonds. The first kappa shape index (κ1) is 28.3. The number of amides is 1. The smallest absolute Gasteiger partial charge is 0.305 e. The molecule has 0 saturated carbocycles. The Balaban J connectivity index is 1.33. The minimum absolute atomic E-state index is 0.0430. The highest BCUT2D eigenvalue weighted by Gasteiger charge is 2.22. The summed E-state index contributed by atoms with van der Waals surface area (Å²) in [7, 11) is 0. The average molecular weight is 569 g/mol. The zero-order valence-corrected chi connectivity index (χ0v) is 22.9. The number of benzene rings is 2. The Morgan fingerprint density at radius 1 is 1.07 bits per heavy atom. The molecule has 0 aliphatic carbocycles. The number of aromatic nitrogens is 7. The van der Waals surface area contributed by atoms with Gasteiger partial charge in [-0.3, -0.25) is 19.3 Å². The number of aryl methyl sites for hydroxylation is 1. The van der Waals surface area contributed by atoms with E-state index in [9.17, 15) is 19.1 Å². The van der Waals surface area contributed by atoms with Gasteiger partial charge in [-0.1, -0.05) is 61.9 Å². The fourth-order valence-electron chi connectivity index (χ4n) is 4.77. The second-order valence-corrected chi connectivity index (χ2v) is 9.84. The number of halogens is 1. The van der Waals surface area contributed by atoms with Crippen LogP contribution in [0.25, 0.3) is 22.6 Å². The Bertz CT molecular complexity index is 1670. The van der Waals surface area contributed by atoms with Crippen LogP contribution in [0.5, 0.6) is 0 Å². The van der Waals surface area contributed by atoms with E-state index in [2.05, 4.69) is 36.0 Å². The summed E-state index contributed by atoms with van der Waals surface area (Å²) in [4.78, 5) is 29.3. The molecular formula is C30H29FN8O3. The van der Waals surface area contributed by atoms with Crippen LogP contribution in [0.15, 0.2) is 72.9 Å². The molecule has 3 heterocycles. The van der Waals surface area contributed by atoms with Crippen molar-refractivity contribution in [3.05, 3.63) is 101 Å². The molecule has 3 N–H and O–H groups in total. The zero-order valence-electron chi connectivity index (χ0n) is 22.9. The fraction of sp³-hybridized carbons (Fsp3) is 0.233. The molecule has 5 rings (SSSR count). The van der Waals surface area contributed by atoms with Crippen molar-refractivity contribution in [1.82, 2.24) is 40.7 Å². The summed E-state index contributed by atoms with van der Waals surface area (Å²) >= 11 is 0. The number of aliphatic carboxylic acids is 1. The molecule has 2 aromatic carbocycles. The molecule has 214 valence electrons. The Kier molecular flexibility index (Phi) is 8.71. The molecule has 0 spiro atoms. The number of carboxylic acid groups (broad SMARTS) is 1. The van der Waals surface area contributed by atoms with Crippen LogP contribution in [0, 0.1) is 5.82 Å². The number of H-pyrrole nitrogens is 1. The third-order valence-corrected chi connectivity index (χ3v) is 6.74. The zero-order chi connectivity index (χ0) is 29.5. The number of carboxylic acids is 1. The number of tetrazole rings is 1. The lowest BCUT2D eigenvalue weighted by Gasteiger charge is -2.16. The molecule has 0 bridgehead atoms. The molecule has 0 unspecified atom stereocenters. The maximum atomic E-state index is 14.2. The maximum Gasteiger partial charge on any atom is 0.305 e. The fourth-order valence-corrected chi connectivity index (χ4v) is 4.77. The van der Waals surface area contributed by atoms with Crippen molar-refractivity contribution in [2.75, 3.05) is 0 Å². The van der Waals surface area contributed by atoms with E-state index in [0.717, 1.165) is 34.5 Å². The van der Waals surface area contributed by atoms with Gasteiger partial charge in [-0.2, -0.15) is 5.10 Å². The van der Waals surface area contributed by atoms with Crippen molar-refractivity contribution in [3.8, 4) is 22.6 Å². The molecular weight excluding hydrogens is 539 g/mol. The van der Waals surface area contributed by atoms with Crippen LogP contribution in [0.2, 0.25) is 0 Å². The van der Waals surface area contributed by atoms with Crippen LogP contribution >= 0.6 is 0 Å². The molecule has 5 aromatic rings. The van der Waals surface area contributed by atoms with Gasteiger partial charge >= 0.3 is 5.97 Å². The predicted molar refractivity (Wildman–Crippen MR) is 152 cm³/mol. The van der Waals surface area contributed by atoms with E-state index in [1.165, 1.54) is 6.07 Å². The van der Waals surface area contributed by atoms with Crippen molar-refractivity contribution in [2.45, 2.75) is 45.2 Å². The summed E-state index contributed by atoms with van der Waals surface area (Å²) in [6.07, 6.45) is 2.99. The summed E-state index contributed by atoms with van der Waals surface area (Å²) in [5.41, 5.74) is 4.69. The first-order valence-corrected chi connectivity index (χ1v) is 13.5. The third kappa shape index (κ3) is 6.72. The van der Waals surface area contributed by atoms with Crippen LogP contribution in [-0.2, 0) is 24.2 Å². The molecule has 0 aliphatic heterocycles. The second-order valence-electron chi connectivity index (χ2n) is 9.84. The highest BCUT2D eigenvalue weighted by atomic mass is 19.1. The molecule has 11 nitrogen and oxygen atoms in total. The summed E-state index contributed by atoms with van der Waals surface area (Å²) in [6, 6.07) is 18.6. The Labute approximate surface area is 240 Å². The number of carbonyl (C=O) groups is 2. The monoisotopic (exact) mass is 568 g/mol. The van der Waals surface area contributed by atoms with Gasteiger partial charge in [0.15, 0.2) is 5.82 Å². The van der Waals surface area contributed by atoms with E-state index in [4.69, 9.17) is 0 Å². The van der Waals surface area contributed by atoms with E-state index in [-0.39, 0.29) is 18.5 Å². The Morgan fingerprint density at radius 2 is 1.86 bits per heavy atom. The number of nitrogens with zero attached hydrogens (tertiary/aromatic N) is 6. The number of hydrogen-bond acceptors (Lipinski definition) is 7. The highest BCUT2D eigenvalue weighted by Crippen LogP contribution is 2.28. The Hall–Kier alpha value is -5.26. The normalized spacial score (nSPS) is 11.8. The molecule has 1 atom stereocenters. The minimum atomic E-state index is -1.09. The van der Waals surface area contributed by atoms with Gasteiger partial charge < -0.3 is 10.4 Å². The number of carbonyl (C=O) groups excluding carboxylic acids is 1. The van der Waals surface area contributed by atoms with Crippen molar-refractivity contribution in [3.63, 3.8) is 0 Å². The Morgan fingerprint density at radius 3 is 2.55 bits per heavy atom. The minimum Gasteiger partial charge on any atom is -0.481 e. The maximum absolute atomic E-state index is 14.2. The van der Waals surface area contributed by atoms with E-state index in [1.54, 1.807) is 35.1 Å². The predicted octanol–water partition coefficient (Wildman–Crippen LogP) is 4.08. The largest absolute Gasteiger partial charge is 0.481 e. The summed E-state index contributed by atoms with van der Waals surface area (Å²) in [6.45, 7) is 2.42. The number of hydrogen-bond donors (Lipinski definition) is 3. The number of nitrogens with one attached hydrogen (secondary N) is 2. The summed E-state index contributed by atoms with van der Waals surface area (Å²) in [5, 5.41) is 30.8. The molecule has 12 heteroatoms. The highest BCUT2D eigenvalue weighted by molar-refractivity contribution is 5.93. The number of aromatic amines is 1. The number of rotatable bonds is 12. The summed E-state index contributed by atoms with van der Waals surface area (Å²) < 4.78 is 16.0.